The molecule has 38 heavy (non-hydrogen) atoms. The minimum atomic E-state index is -1.00. The highest BCUT2D eigenvalue weighted by Gasteiger charge is 2.22. The summed E-state index contributed by atoms with van der Waals surface area (Å²) < 4.78 is 21.5. The Balaban J connectivity index is 2.88. The first kappa shape index (κ1) is 33.1. The predicted molar refractivity (Wildman–Crippen MR) is 144 cm³/mol. The van der Waals surface area contributed by atoms with Gasteiger partial charge in [-0.05, 0) is 49.3 Å². The van der Waals surface area contributed by atoms with Gasteiger partial charge in [0.15, 0.2) is 11.5 Å². The SMILES string of the molecule is CCCCC(=O)OC[C@H](C)OC(=O)[C@@H](N)Cc1ccc(OC(=O)CC(C)CC)c(OC(=O)CC(C)CC)c1. The van der Waals surface area contributed by atoms with E-state index in [0.29, 0.717) is 12.0 Å². The largest absolute Gasteiger partial charge is 0.462 e. The molecule has 214 valence electrons. The van der Waals surface area contributed by atoms with Crippen LogP contribution in [-0.2, 0) is 35.1 Å². The lowest BCUT2D eigenvalue weighted by molar-refractivity contribution is -0.159. The second kappa shape index (κ2) is 17.5. The number of hydrogen-bond acceptors (Lipinski definition) is 9. The molecule has 0 aliphatic carbocycles. The summed E-state index contributed by atoms with van der Waals surface area (Å²) in [7, 11) is 0. The lowest BCUT2D eigenvalue weighted by Gasteiger charge is -2.18. The van der Waals surface area contributed by atoms with Crippen molar-refractivity contribution in [1.29, 1.82) is 0 Å². The summed E-state index contributed by atoms with van der Waals surface area (Å²) >= 11 is 0. The standard InChI is InChI=1S/C29H45NO8/c1-7-10-11-26(31)35-18-21(6)36-29(34)23(30)16-22-12-13-24(37-27(32)14-19(4)8-2)25(17-22)38-28(33)15-20(5)9-3/h12-13,17,19-21,23H,7-11,14-16,18,30H2,1-6H3/t19?,20?,21-,23-/m0/s1. The van der Waals surface area contributed by atoms with Gasteiger partial charge in [-0.3, -0.25) is 19.2 Å². The number of esters is 4. The molecule has 2 N–H and O–H groups in total. The van der Waals surface area contributed by atoms with Gasteiger partial charge in [-0.15, -0.1) is 0 Å². The molecule has 0 aliphatic heterocycles. The van der Waals surface area contributed by atoms with Crippen molar-refractivity contribution in [3.8, 4) is 11.5 Å². The average Bonchev–Trinajstić information content (AvgIpc) is 2.87. The van der Waals surface area contributed by atoms with Gasteiger partial charge in [-0.2, -0.15) is 0 Å². The second-order valence-corrected chi connectivity index (χ2v) is 10.0. The fourth-order valence-electron chi connectivity index (χ4n) is 3.29. The smallest absolute Gasteiger partial charge is 0.323 e. The molecule has 4 atom stereocenters. The molecule has 0 amide bonds. The molecule has 1 rings (SSSR count). The lowest BCUT2D eigenvalue weighted by atomic mass is 10.0. The van der Waals surface area contributed by atoms with Crippen molar-refractivity contribution >= 4 is 23.9 Å². The van der Waals surface area contributed by atoms with Crippen LogP contribution in [0.1, 0.15) is 92.1 Å². The van der Waals surface area contributed by atoms with Gasteiger partial charge in [0, 0.05) is 19.3 Å². The van der Waals surface area contributed by atoms with E-state index in [9.17, 15) is 19.2 Å². The van der Waals surface area contributed by atoms with Crippen LogP contribution in [0.5, 0.6) is 11.5 Å². The number of hydrogen-bond donors (Lipinski definition) is 1. The van der Waals surface area contributed by atoms with Crippen LogP contribution in [0.3, 0.4) is 0 Å². The van der Waals surface area contributed by atoms with Crippen LogP contribution in [-0.4, -0.2) is 42.6 Å². The Hall–Kier alpha value is -2.94. The fourth-order valence-corrected chi connectivity index (χ4v) is 3.29. The van der Waals surface area contributed by atoms with E-state index in [1.54, 1.807) is 19.1 Å². The number of rotatable bonds is 17. The summed E-state index contributed by atoms with van der Waals surface area (Å²) in [6.07, 6.45) is 3.50. The molecule has 0 saturated carbocycles. The topological polar surface area (TPSA) is 131 Å². The zero-order chi connectivity index (χ0) is 28.7. The van der Waals surface area contributed by atoms with E-state index in [4.69, 9.17) is 24.7 Å². The number of carbonyl (C=O) groups is 4. The van der Waals surface area contributed by atoms with Crippen LogP contribution in [0.25, 0.3) is 0 Å². The number of nitrogens with two attached hydrogens (primary N) is 1. The molecule has 0 fully saturated rings. The lowest BCUT2D eigenvalue weighted by Crippen LogP contribution is -2.37. The zero-order valence-corrected chi connectivity index (χ0v) is 23.7. The number of benzene rings is 1. The Bertz CT molecular complexity index is 916. The van der Waals surface area contributed by atoms with E-state index < -0.39 is 30.1 Å². The molecule has 0 bridgehead atoms. The molecular weight excluding hydrogens is 490 g/mol. The van der Waals surface area contributed by atoms with Crippen LogP contribution in [0.2, 0.25) is 0 Å². The minimum Gasteiger partial charge on any atom is -0.462 e. The minimum absolute atomic E-state index is 0.0476. The number of unbranched alkanes of at least 4 members (excludes halogenated alkanes) is 1. The maximum atomic E-state index is 12.5. The third-order valence-corrected chi connectivity index (χ3v) is 6.17. The molecule has 9 heteroatoms. The maximum absolute atomic E-state index is 12.5. The summed E-state index contributed by atoms with van der Waals surface area (Å²) in [5.74, 6) is -1.32. The van der Waals surface area contributed by atoms with E-state index >= 15 is 0 Å². The maximum Gasteiger partial charge on any atom is 0.323 e. The Morgan fingerprint density at radius 3 is 1.97 bits per heavy atom. The first-order valence-electron chi connectivity index (χ1n) is 13.6. The molecule has 0 aliphatic rings. The van der Waals surface area contributed by atoms with Crippen molar-refractivity contribution in [2.24, 2.45) is 17.6 Å². The summed E-state index contributed by atoms with van der Waals surface area (Å²) in [4.78, 5) is 49.0. The van der Waals surface area contributed by atoms with Gasteiger partial charge in [0.25, 0.3) is 0 Å². The van der Waals surface area contributed by atoms with Gasteiger partial charge in [-0.1, -0.05) is 59.9 Å². The quantitative estimate of drug-likeness (QED) is 0.218. The van der Waals surface area contributed by atoms with Gasteiger partial charge in [0.2, 0.25) is 0 Å². The molecule has 2 unspecified atom stereocenters. The highest BCUT2D eigenvalue weighted by molar-refractivity contribution is 5.77. The normalized spacial score (nSPS) is 14.1. The van der Waals surface area contributed by atoms with Crippen LogP contribution >= 0.6 is 0 Å². The first-order chi connectivity index (χ1) is 18.0. The van der Waals surface area contributed by atoms with Gasteiger partial charge in [0.05, 0.1) is 0 Å². The Labute approximate surface area is 226 Å². The van der Waals surface area contributed by atoms with Crippen LogP contribution in [0.15, 0.2) is 18.2 Å². The molecule has 0 saturated heterocycles. The number of carbonyl (C=O) groups excluding carboxylic acids is 4. The summed E-state index contributed by atoms with van der Waals surface area (Å²) in [5.41, 5.74) is 6.67. The molecule has 1 aromatic rings. The van der Waals surface area contributed by atoms with E-state index in [0.717, 1.165) is 25.7 Å². The Morgan fingerprint density at radius 2 is 1.42 bits per heavy atom. The van der Waals surface area contributed by atoms with Gasteiger partial charge in [-0.25, -0.2) is 0 Å². The van der Waals surface area contributed by atoms with E-state index in [1.165, 1.54) is 6.07 Å². The summed E-state index contributed by atoms with van der Waals surface area (Å²) in [6.45, 7) is 11.4. The van der Waals surface area contributed by atoms with Crippen LogP contribution in [0, 0.1) is 11.8 Å². The molecule has 0 aromatic heterocycles. The zero-order valence-electron chi connectivity index (χ0n) is 23.7. The van der Waals surface area contributed by atoms with Crippen molar-refractivity contribution in [2.75, 3.05) is 6.61 Å². The van der Waals surface area contributed by atoms with Crippen molar-refractivity contribution in [2.45, 2.75) is 105 Å². The number of ether oxygens (including phenoxy) is 4. The molecule has 0 heterocycles. The van der Waals surface area contributed by atoms with Crippen molar-refractivity contribution in [1.82, 2.24) is 0 Å². The summed E-state index contributed by atoms with van der Waals surface area (Å²) in [6, 6.07) is 3.73. The fraction of sp³-hybridized carbons (Fsp3) is 0.655. The van der Waals surface area contributed by atoms with Gasteiger partial charge in [0.1, 0.15) is 18.8 Å². The van der Waals surface area contributed by atoms with Crippen LogP contribution in [0.4, 0.5) is 0 Å². The van der Waals surface area contributed by atoms with E-state index in [2.05, 4.69) is 0 Å². The summed E-state index contributed by atoms with van der Waals surface area (Å²) in [5, 5.41) is 0. The molecule has 1 aromatic carbocycles. The predicted octanol–water partition coefficient (Wildman–Crippen LogP) is 4.90. The van der Waals surface area contributed by atoms with Crippen LogP contribution < -0.4 is 15.2 Å². The van der Waals surface area contributed by atoms with E-state index in [-0.39, 0.29) is 55.2 Å². The molecule has 0 spiro atoms. The van der Waals surface area contributed by atoms with Gasteiger partial charge >= 0.3 is 23.9 Å². The molecule has 9 nitrogen and oxygen atoms in total. The second-order valence-electron chi connectivity index (χ2n) is 10.0. The van der Waals surface area contributed by atoms with Gasteiger partial charge < -0.3 is 24.7 Å². The van der Waals surface area contributed by atoms with Crippen molar-refractivity contribution < 1.29 is 38.1 Å². The monoisotopic (exact) mass is 535 g/mol. The average molecular weight is 536 g/mol. The Morgan fingerprint density at radius 1 is 0.842 bits per heavy atom. The Kier molecular flexibility index (Phi) is 15.3. The van der Waals surface area contributed by atoms with Crippen molar-refractivity contribution in [3.63, 3.8) is 0 Å². The first-order valence-corrected chi connectivity index (χ1v) is 13.6. The molecule has 0 radical (unpaired) electrons. The molecular formula is C29H45NO8. The highest BCUT2D eigenvalue weighted by Crippen LogP contribution is 2.30. The van der Waals surface area contributed by atoms with Crippen molar-refractivity contribution in [3.05, 3.63) is 23.8 Å². The highest BCUT2D eigenvalue weighted by atomic mass is 16.6. The van der Waals surface area contributed by atoms with E-state index in [1.807, 2.05) is 34.6 Å². The third-order valence-electron chi connectivity index (χ3n) is 6.17. The third kappa shape index (κ3) is 13.0.